The van der Waals surface area contributed by atoms with Gasteiger partial charge < -0.3 is 9.88 Å². The molecule has 0 aliphatic rings. The Balaban J connectivity index is 1.65. The fourth-order valence-electron chi connectivity index (χ4n) is 2.73. The van der Waals surface area contributed by atoms with Crippen molar-refractivity contribution in [3.8, 4) is 5.69 Å². The van der Waals surface area contributed by atoms with Gasteiger partial charge in [0.1, 0.15) is 18.5 Å². The van der Waals surface area contributed by atoms with E-state index in [0.717, 1.165) is 28.4 Å². The van der Waals surface area contributed by atoms with E-state index in [-0.39, 0.29) is 0 Å². The van der Waals surface area contributed by atoms with E-state index < -0.39 is 0 Å². The van der Waals surface area contributed by atoms with Crippen molar-refractivity contribution in [2.45, 2.75) is 26.4 Å². The fourth-order valence-corrected chi connectivity index (χ4v) is 2.73. The van der Waals surface area contributed by atoms with Gasteiger partial charge >= 0.3 is 0 Å². The maximum atomic E-state index is 4.46. The highest BCUT2D eigenvalue weighted by molar-refractivity contribution is 5.87. The SMILES string of the molecule is CC(C)n1cnnc1CNc1ncnc2c1cnn2-c1ccccc1. The first-order valence-corrected chi connectivity index (χ1v) is 8.10. The third-order valence-electron chi connectivity index (χ3n) is 3.98. The maximum Gasteiger partial charge on any atom is 0.168 e. The Bertz CT molecular complexity index is 986. The van der Waals surface area contributed by atoms with Crippen molar-refractivity contribution in [1.82, 2.24) is 34.5 Å². The van der Waals surface area contributed by atoms with Crippen molar-refractivity contribution in [2.75, 3.05) is 5.32 Å². The van der Waals surface area contributed by atoms with Crippen LogP contribution in [0.25, 0.3) is 16.7 Å². The van der Waals surface area contributed by atoms with E-state index in [9.17, 15) is 0 Å². The lowest BCUT2D eigenvalue weighted by molar-refractivity contribution is 0.572. The number of para-hydroxylation sites is 1. The molecule has 1 N–H and O–H groups in total. The molecule has 8 nitrogen and oxygen atoms in total. The van der Waals surface area contributed by atoms with Gasteiger partial charge in [-0.3, -0.25) is 0 Å². The topological polar surface area (TPSA) is 86.3 Å². The summed E-state index contributed by atoms with van der Waals surface area (Å²) in [5.41, 5.74) is 1.72. The number of benzene rings is 1. The summed E-state index contributed by atoms with van der Waals surface area (Å²) in [7, 11) is 0. The van der Waals surface area contributed by atoms with Gasteiger partial charge in [0.15, 0.2) is 11.5 Å². The third-order valence-corrected chi connectivity index (χ3v) is 3.98. The zero-order valence-corrected chi connectivity index (χ0v) is 14.0. The largest absolute Gasteiger partial charge is 0.362 e. The second kappa shape index (κ2) is 6.31. The molecule has 0 unspecified atom stereocenters. The van der Waals surface area contributed by atoms with Crippen LogP contribution in [-0.2, 0) is 6.54 Å². The molecule has 1 aromatic carbocycles. The number of hydrogen-bond donors (Lipinski definition) is 1. The van der Waals surface area contributed by atoms with Crippen molar-refractivity contribution in [1.29, 1.82) is 0 Å². The predicted octanol–water partition coefficient (Wildman–Crippen LogP) is 2.60. The number of anilines is 1. The van der Waals surface area contributed by atoms with E-state index in [2.05, 4.69) is 44.4 Å². The van der Waals surface area contributed by atoms with Gasteiger partial charge in [-0.05, 0) is 26.0 Å². The van der Waals surface area contributed by atoms with E-state index in [1.54, 1.807) is 23.5 Å². The highest BCUT2D eigenvalue weighted by Gasteiger charge is 2.12. The van der Waals surface area contributed by atoms with Crippen molar-refractivity contribution in [3.05, 3.63) is 55.0 Å². The molecule has 0 aliphatic heterocycles. The summed E-state index contributed by atoms with van der Waals surface area (Å²) in [5.74, 6) is 1.59. The number of nitrogens with zero attached hydrogens (tertiary/aromatic N) is 7. The highest BCUT2D eigenvalue weighted by atomic mass is 15.3. The average molecular weight is 334 g/mol. The highest BCUT2D eigenvalue weighted by Crippen LogP contribution is 2.22. The van der Waals surface area contributed by atoms with E-state index in [4.69, 9.17) is 0 Å². The summed E-state index contributed by atoms with van der Waals surface area (Å²) in [6, 6.07) is 10.2. The standard InChI is InChI=1S/C17H18N8/c1-12(2)24-11-21-23-15(24)9-18-16-14-8-22-25(17(14)20-10-19-16)13-6-4-3-5-7-13/h3-8,10-12H,9H2,1-2H3,(H,18,19,20). The van der Waals surface area contributed by atoms with Gasteiger partial charge in [0.05, 0.1) is 23.8 Å². The van der Waals surface area contributed by atoms with Gasteiger partial charge in [0, 0.05) is 6.04 Å². The number of fused-ring (bicyclic) bond motifs is 1. The van der Waals surface area contributed by atoms with Crippen LogP contribution in [0.2, 0.25) is 0 Å². The Labute approximate surface area is 144 Å². The first-order chi connectivity index (χ1) is 12.2. The van der Waals surface area contributed by atoms with E-state index >= 15 is 0 Å². The van der Waals surface area contributed by atoms with Crippen LogP contribution in [0.4, 0.5) is 5.82 Å². The molecular formula is C17H18N8. The molecule has 0 spiro atoms. The molecule has 0 aliphatic carbocycles. The van der Waals surface area contributed by atoms with Crippen molar-refractivity contribution < 1.29 is 0 Å². The summed E-state index contributed by atoms with van der Waals surface area (Å²) >= 11 is 0. The van der Waals surface area contributed by atoms with Crippen LogP contribution in [0, 0.1) is 0 Å². The molecule has 0 amide bonds. The van der Waals surface area contributed by atoms with Crippen molar-refractivity contribution >= 4 is 16.9 Å². The van der Waals surface area contributed by atoms with Crippen molar-refractivity contribution in [2.24, 2.45) is 0 Å². The monoisotopic (exact) mass is 334 g/mol. The minimum atomic E-state index is 0.304. The Kier molecular flexibility index (Phi) is 3.85. The summed E-state index contributed by atoms with van der Waals surface area (Å²) in [6.45, 7) is 4.72. The van der Waals surface area contributed by atoms with Gasteiger partial charge in [-0.25, -0.2) is 14.6 Å². The van der Waals surface area contributed by atoms with Crippen LogP contribution in [0.3, 0.4) is 0 Å². The average Bonchev–Trinajstić information content (AvgIpc) is 3.28. The van der Waals surface area contributed by atoms with Gasteiger partial charge in [-0.1, -0.05) is 18.2 Å². The molecule has 0 fully saturated rings. The second-order valence-corrected chi connectivity index (χ2v) is 5.95. The lowest BCUT2D eigenvalue weighted by Gasteiger charge is -2.11. The molecule has 0 radical (unpaired) electrons. The fraction of sp³-hybridized carbons (Fsp3) is 0.235. The molecular weight excluding hydrogens is 316 g/mol. The Hall–Kier alpha value is -3.29. The maximum absolute atomic E-state index is 4.46. The zero-order valence-electron chi connectivity index (χ0n) is 14.0. The van der Waals surface area contributed by atoms with Crippen LogP contribution in [0.1, 0.15) is 25.7 Å². The molecule has 8 heteroatoms. The first-order valence-electron chi connectivity index (χ1n) is 8.10. The molecule has 0 bridgehead atoms. The Morgan fingerprint density at radius 3 is 2.76 bits per heavy atom. The number of aromatic nitrogens is 7. The van der Waals surface area contributed by atoms with E-state index in [1.807, 2.05) is 34.9 Å². The lowest BCUT2D eigenvalue weighted by atomic mass is 10.3. The third kappa shape index (κ3) is 2.82. The van der Waals surface area contributed by atoms with Gasteiger partial charge in [0.25, 0.3) is 0 Å². The van der Waals surface area contributed by atoms with Gasteiger partial charge in [-0.2, -0.15) is 5.10 Å². The van der Waals surface area contributed by atoms with Crippen LogP contribution >= 0.6 is 0 Å². The van der Waals surface area contributed by atoms with Crippen LogP contribution in [0.5, 0.6) is 0 Å². The van der Waals surface area contributed by atoms with Crippen LogP contribution < -0.4 is 5.32 Å². The van der Waals surface area contributed by atoms with Crippen molar-refractivity contribution in [3.63, 3.8) is 0 Å². The summed E-state index contributed by atoms with van der Waals surface area (Å²) in [4.78, 5) is 8.74. The lowest BCUT2D eigenvalue weighted by Crippen LogP contribution is -2.11. The molecule has 3 heterocycles. The number of hydrogen-bond acceptors (Lipinski definition) is 6. The normalized spacial score (nSPS) is 11.3. The molecule has 3 aromatic heterocycles. The molecule has 0 saturated carbocycles. The predicted molar refractivity (Wildman–Crippen MR) is 94.4 cm³/mol. The van der Waals surface area contributed by atoms with E-state index in [0.29, 0.717) is 12.6 Å². The molecule has 4 rings (SSSR count). The van der Waals surface area contributed by atoms with Gasteiger partial charge in [-0.15, -0.1) is 10.2 Å². The zero-order chi connectivity index (χ0) is 17.2. The Morgan fingerprint density at radius 1 is 1.12 bits per heavy atom. The first kappa shape index (κ1) is 15.3. The smallest absolute Gasteiger partial charge is 0.168 e. The molecule has 126 valence electrons. The molecule has 0 saturated heterocycles. The van der Waals surface area contributed by atoms with Crippen LogP contribution in [0.15, 0.2) is 49.2 Å². The quantitative estimate of drug-likeness (QED) is 0.604. The summed E-state index contributed by atoms with van der Waals surface area (Å²) < 4.78 is 3.83. The second-order valence-electron chi connectivity index (χ2n) is 5.95. The minimum absolute atomic E-state index is 0.304. The van der Waals surface area contributed by atoms with E-state index in [1.165, 1.54) is 0 Å². The summed E-state index contributed by atoms with van der Waals surface area (Å²) in [6.07, 6.45) is 5.06. The molecule has 4 aromatic rings. The number of rotatable bonds is 5. The summed E-state index contributed by atoms with van der Waals surface area (Å²) in [5, 5.41) is 16.8. The van der Waals surface area contributed by atoms with Crippen LogP contribution in [-0.4, -0.2) is 34.5 Å². The minimum Gasteiger partial charge on any atom is -0.362 e. The van der Waals surface area contributed by atoms with Gasteiger partial charge in [0.2, 0.25) is 0 Å². The Morgan fingerprint density at radius 2 is 1.96 bits per heavy atom. The molecule has 0 atom stereocenters. The number of nitrogens with one attached hydrogen (secondary N) is 1. The molecule has 25 heavy (non-hydrogen) atoms.